The zero-order valence-electron chi connectivity index (χ0n) is 16.1. The van der Waals surface area contributed by atoms with Gasteiger partial charge in [-0.05, 0) is 30.4 Å². The predicted octanol–water partition coefficient (Wildman–Crippen LogP) is 1.22. The summed E-state index contributed by atoms with van der Waals surface area (Å²) < 4.78 is 51.9. The second kappa shape index (κ2) is 8.72. The molecule has 0 aromatic heterocycles. The van der Waals surface area contributed by atoms with E-state index in [1.807, 2.05) is 13.8 Å². The summed E-state index contributed by atoms with van der Waals surface area (Å²) >= 11 is 0. The quantitative estimate of drug-likeness (QED) is 0.356. The van der Waals surface area contributed by atoms with Crippen molar-refractivity contribution in [3.63, 3.8) is 0 Å². The van der Waals surface area contributed by atoms with E-state index in [1.54, 1.807) is 0 Å². The monoisotopic (exact) mass is 434 g/mol. The van der Waals surface area contributed by atoms with Crippen molar-refractivity contribution in [2.24, 2.45) is 11.8 Å². The van der Waals surface area contributed by atoms with E-state index in [1.165, 1.54) is 16.4 Å². The topological polar surface area (TPSA) is 139 Å². The van der Waals surface area contributed by atoms with Crippen LogP contribution in [0.2, 0.25) is 0 Å². The average Bonchev–Trinajstić information content (AvgIpc) is 2.57. The van der Waals surface area contributed by atoms with Crippen molar-refractivity contribution in [3.8, 4) is 0 Å². The summed E-state index contributed by atoms with van der Waals surface area (Å²) in [6.45, 7) is 5.10. The van der Waals surface area contributed by atoms with Crippen molar-refractivity contribution < 1.29 is 21.8 Å². The Morgan fingerprint density at radius 2 is 1.75 bits per heavy atom. The number of hydrogen-bond donors (Lipinski definition) is 2. The summed E-state index contributed by atoms with van der Waals surface area (Å²) in [7, 11) is -7.20. The van der Waals surface area contributed by atoms with Gasteiger partial charge in [-0.1, -0.05) is 13.8 Å². The molecule has 28 heavy (non-hydrogen) atoms. The number of sulfone groups is 1. The van der Waals surface area contributed by atoms with Gasteiger partial charge in [0.1, 0.15) is 5.69 Å². The number of anilines is 1. The fourth-order valence-electron chi connectivity index (χ4n) is 3.31. The van der Waals surface area contributed by atoms with Crippen molar-refractivity contribution in [2.75, 3.05) is 37.8 Å². The maximum atomic E-state index is 12.4. The van der Waals surface area contributed by atoms with E-state index in [2.05, 4.69) is 10.0 Å². The maximum Gasteiger partial charge on any atom is 0.293 e. The first kappa shape index (κ1) is 22.5. The van der Waals surface area contributed by atoms with Gasteiger partial charge in [0.05, 0.1) is 9.82 Å². The van der Waals surface area contributed by atoms with Crippen LogP contribution in [0.4, 0.5) is 11.4 Å². The third-order valence-corrected chi connectivity index (χ3v) is 7.15. The van der Waals surface area contributed by atoms with Crippen LogP contribution in [0.5, 0.6) is 0 Å². The van der Waals surface area contributed by atoms with E-state index in [-0.39, 0.29) is 41.2 Å². The minimum Gasteiger partial charge on any atom is -0.378 e. The van der Waals surface area contributed by atoms with Crippen LogP contribution in [0.1, 0.15) is 20.3 Å². The van der Waals surface area contributed by atoms with E-state index < -0.39 is 25.0 Å². The molecule has 158 valence electrons. The lowest BCUT2D eigenvalue weighted by molar-refractivity contribution is -0.384. The highest BCUT2D eigenvalue weighted by Gasteiger charge is 2.30. The maximum absolute atomic E-state index is 12.4. The van der Waals surface area contributed by atoms with Crippen LogP contribution in [0.3, 0.4) is 0 Å². The molecule has 0 spiro atoms. The standard InChI is InChI=1S/C16H26N4O6S2/c1-12-8-13(2)11-19(10-12)28(25,26)18-7-6-17-15-5-4-14(27(3,23)24)9-16(15)20(21)22/h4-5,9,12-13,17-18H,6-8,10-11H2,1-3H3/t12-,13-/m0/s1. The second-order valence-electron chi connectivity index (χ2n) is 7.30. The van der Waals surface area contributed by atoms with Gasteiger partial charge in [-0.3, -0.25) is 10.1 Å². The molecule has 1 aromatic rings. The molecule has 0 radical (unpaired) electrons. The van der Waals surface area contributed by atoms with Gasteiger partial charge in [0.15, 0.2) is 9.84 Å². The van der Waals surface area contributed by atoms with Crippen molar-refractivity contribution in [1.82, 2.24) is 9.03 Å². The number of hydrogen-bond acceptors (Lipinski definition) is 7. The summed E-state index contributed by atoms with van der Waals surface area (Å²) in [4.78, 5) is 10.4. The number of nitrogens with one attached hydrogen (secondary N) is 2. The third-order valence-electron chi connectivity index (χ3n) is 4.49. The number of nitro benzene ring substituents is 1. The Balaban J connectivity index is 1.98. The minimum absolute atomic E-state index is 0.0343. The molecule has 0 unspecified atom stereocenters. The summed E-state index contributed by atoms with van der Waals surface area (Å²) in [6.07, 6.45) is 1.96. The van der Waals surface area contributed by atoms with Gasteiger partial charge in [-0.25, -0.2) is 13.1 Å². The largest absolute Gasteiger partial charge is 0.378 e. The van der Waals surface area contributed by atoms with Gasteiger partial charge in [-0.15, -0.1) is 0 Å². The van der Waals surface area contributed by atoms with E-state index in [4.69, 9.17) is 0 Å². The van der Waals surface area contributed by atoms with Gasteiger partial charge in [0.25, 0.3) is 15.9 Å². The third kappa shape index (κ3) is 5.87. The summed E-state index contributed by atoms with van der Waals surface area (Å²) in [5.41, 5.74) is -0.263. The summed E-state index contributed by atoms with van der Waals surface area (Å²) in [5, 5.41) is 14.0. The Morgan fingerprint density at radius 1 is 1.14 bits per heavy atom. The molecule has 1 aromatic carbocycles. The van der Waals surface area contributed by atoms with E-state index >= 15 is 0 Å². The number of nitro groups is 1. The normalized spacial score (nSPS) is 21.4. The van der Waals surface area contributed by atoms with Gasteiger partial charge < -0.3 is 5.32 Å². The SMILES string of the molecule is C[C@H]1C[C@H](C)CN(S(=O)(=O)NCCNc2ccc(S(C)(=O)=O)cc2[N+](=O)[O-])C1. The lowest BCUT2D eigenvalue weighted by Gasteiger charge is -2.33. The Hall–Kier alpha value is -1.76. The molecular formula is C16H26N4O6S2. The Bertz CT molecular complexity index is 922. The van der Waals surface area contributed by atoms with Crippen LogP contribution < -0.4 is 10.0 Å². The van der Waals surface area contributed by atoms with Crippen LogP contribution in [0.15, 0.2) is 23.1 Å². The number of piperidine rings is 1. The highest BCUT2D eigenvalue weighted by Crippen LogP contribution is 2.27. The highest BCUT2D eigenvalue weighted by molar-refractivity contribution is 7.90. The zero-order chi connectivity index (χ0) is 21.1. The van der Waals surface area contributed by atoms with Crippen molar-refractivity contribution >= 4 is 31.4 Å². The van der Waals surface area contributed by atoms with Gasteiger partial charge in [0, 0.05) is 38.5 Å². The molecule has 0 saturated carbocycles. The van der Waals surface area contributed by atoms with E-state index in [0.29, 0.717) is 13.1 Å². The predicted molar refractivity (Wildman–Crippen MR) is 106 cm³/mol. The first-order valence-electron chi connectivity index (χ1n) is 8.87. The molecule has 0 aliphatic carbocycles. The molecule has 12 heteroatoms. The molecule has 1 aliphatic rings. The zero-order valence-corrected chi connectivity index (χ0v) is 17.7. The molecule has 2 atom stereocenters. The summed E-state index contributed by atoms with van der Waals surface area (Å²) in [5.74, 6) is 0.573. The van der Waals surface area contributed by atoms with Crippen LogP contribution >= 0.6 is 0 Å². The number of nitrogens with zero attached hydrogens (tertiary/aromatic N) is 2. The van der Waals surface area contributed by atoms with Crippen molar-refractivity contribution in [1.29, 1.82) is 0 Å². The molecular weight excluding hydrogens is 408 g/mol. The first-order valence-corrected chi connectivity index (χ1v) is 12.2. The Labute approximate surface area is 165 Å². The molecule has 1 aliphatic heterocycles. The Kier molecular flexibility index (Phi) is 7.02. The van der Waals surface area contributed by atoms with Crippen LogP contribution in [0, 0.1) is 22.0 Å². The van der Waals surface area contributed by atoms with Gasteiger partial charge in [-0.2, -0.15) is 12.7 Å². The molecule has 1 fully saturated rings. The first-order chi connectivity index (χ1) is 12.9. The van der Waals surface area contributed by atoms with Gasteiger partial charge in [0.2, 0.25) is 0 Å². The highest BCUT2D eigenvalue weighted by atomic mass is 32.2. The molecule has 2 N–H and O–H groups in total. The minimum atomic E-state index is -3.63. The van der Waals surface area contributed by atoms with E-state index in [0.717, 1.165) is 18.7 Å². The molecule has 2 rings (SSSR count). The molecule has 10 nitrogen and oxygen atoms in total. The number of benzene rings is 1. The Morgan fingerprint density at radius 3 is 2.29 bits per heavy atom. The lowest BCUT2D eigenvalue weighted by atomic mass is 9.94. The molecule has 1 saturated heterocycles. The average molecular weight is 435 g/mol. The summed E-state index contributed by atoms with van der Waals surface area (Å²) in [6, 6.07) is 3.56. The smallest absolute Gasteiger partial charge is 0.293 e. The van der Waals surface area contributed by atoms with Crippen LogP contribution in [0.25, 0.3) is 0 Å². The number of rotatable bonds is 8. The van der Waals surface area contributed by atoms with Crippen molar-refractivity contribution in [2.45, 2.75) is 25.2 Å². The molecule has 1 heterocycles. The fourth-order valence-corrected chi connectivity index (χ4v) is 5.40. The molecule has 0 bridgehead atoms. The van der Waals surface area contributed by atoms with Gasteiger partial charge >= 0.3 is 0 Å². The van der Waals surface area contributed by atoms with Crippen LogP contribution in [-0.2, 0) is 20.0 Å². The molecule has 0 amide bonds. The van der Waals surface area contributed by atoms with E-state index in [9.17, 15) is 26.9 Å². The van der Waals surface area contributed by atoms with Crippen molar-refractivity contribution in [3.05, 3.63) is 28.3 Å². The fraction of sp³-hybridized carbons (Fsp3) is 0.625. The second-order valence-corrected chi connectivity index (χ2v) is 11.1. The van der Waals surface area contributed by atoms with Crippen LogP contribution in [-0.4, -0.2) is 58.5 Å². The lowest BCUT2D eigenvalue weighted by Crippen LogP contribution is -2.48.